The van der Waals surface area contributed by atoms with Gasteiger partial charge in [-0.05, 0) is 31.8 Å². The predicted molar refractivity (Wildman–Crippen MR) is 59.6 cm³/mol. The highest BCUT2D eigenvalue weighted by molar-refractivity contribution is 7.91. The SMILES string of the molecule is O=S(=O)(C[C@H]1CCCNC1)c1ncc(F)cn1. The number of hydrogen-bond acceptors (Lipinski definition) is 5. The molecular weight excluding hydrogens is 245 g/mol. The molecule has 1 fully saturated rings. The summed E-state index contributed by atoms with van der Waals surface area (Å²) in [7, 11) is -3.51. The van der Waals surface area contributed by atoms with Crippen LogP contribution < -0.4 is 5.32 Å². The molecule has 1 aliphatic rings. The smallest absolute Gasteiger partial charge is 0.247 e. The number of halogens is 1. The minimum Gasteiger partial charge on any atom is -0.316 e. The van der Waals surface area contributed by atoms with Gasteiger partial charge in [-0.1, -0.05) is 0 Å². The van der Waals surface area contributed by atoms with Crippen LogP contribution >= 0.6 is 0 Å². The normalized spacial score (nSPS) is 21.4. The first-order valence-corrected chi connectivity index (χ1v) is 7.14. The van der Waals surface area contributed by atoms with Crippen LogP contribution in [-0.2, 0) is 9.84 Å². The fraction of sp³-hybridized carbons (Fsp3) is 0.600. The molecule has 0 aromatic carbocycles. The standard InChI is InChI=1S/C10H14FN3O2S/c11-9-5-13-10(14-6-9)17(15,16)7-8-2-1-3-12-4-8/h5-6,8,12H,1-4,7H2/t8-/m0/s1. The van der Waals surface area contributed by atoms with Crippen molar-refractivity contribution in [3.05, 3.63) is 18.2 Å². The maximum absolute atomic E-state index is 12.6. The Morgan fingerprint density at radius 3 is 2.71 bits per heavy atom. The average Bonchev–Trinajstić information content (AvgIpc) is 2.30. The molecule has 0 unspecified atom stereocenters. The van der Waals surface area contributed by atoms with Gasteiger partial charge in [-0.15, -0.1) is 0 Å². The molecule has 0 radical (unpaired) electrons. The van der Waals surface area contributed by atoms with E-state index in [1.54, 1.807) is 0 Å². The Hall–Kier alpha value is -1.08. The molecule has 1 atom stereocenters. The molecule has 17 heavy (non-hydrogen) atoms. The van der Waals surface area contributed by atoms with Gasteiger partial charge in [-0.25, -0.2) is 22.8 Å². The lowest BCUT2D eigenvalue weighted by atomic mass is 10.0. The summed E-state index contributed by atoms with van der Waals surface area (Å²) < 4.78 is 36.5. The molecule has 0 amide bonds. The maximum atomic E-state index is 12.6. The van der Waals surface area contributed by atoms with Crippen LogP contribution in [0.2, 0.25) is 0 Å². The number of sulfone groups is 1. The van der Waals surface area contributed by atoms with E-state index in [0.717, 1.165) is 31.8 Å². The number of nitrogens with zero attached hydrogens (tertiary/aromatic N) is 2. The van der Waals surface area contributed by atoms with E-state index >= 15 is 0 Å². The lowest BCUT2D eigenvalue weighted by Crippen LogP contribution is -2.34. The van der Waals surface area contributed by atoms with Gasteiger partial charge < -0.3 is 5.32 Å². The third kappa shape index (κ3) is 3.19. The molecule has 1 aliphatic heterocycles. The van der Waals surface area contributed by atoms with Gasteiger partial charge in [-0.3, -0.25) is 0 Å². The van der Waals surface area contributed by atoms with Crippen molar-refractivity contribution >= 4 is 9.84 Å². The summed E-state index contributed by atoms with van der Waals surface area (Å²) in [5, 5.41) is 2.87. The Labute approximate surface area is 99.4 Å². The molecule has 0 spiro atoms. The lowest BCUT2D eigenvalue weighted by molar-refractivity contribution is 0.403. The topological polar surface area (TPSA) is 72.0 Å². The van der Waals surface area contributed by atoms with Gasteiger partial charge in [0.05, 0.1) is 18.1 Å². The van der Waals surface area contributed by atoms with Crippen LogP contribution in [0.3, 0.4) is 0 Å². The number of nitrogens with one attached hydrogen (secondary N) is 1. The fourth-order valence-corrected chi connectivity index (χ4v) is 3.39. The summed E-state index contributed by atoms with van der Waals surface area (Å²) in [6.07, 6.45) is 3.61. The zero-order valence-electron chi connectivity index (χ0n) is 9.26. The third-order valence-electron chi connectivity index (χ3n) is 2.73. The molecule has 1 aromatic rings. The van der Waals surface area contributed by atoms with E-state index in [-0.39, 0.29) is 16.8 Å². The summed E-state index contributed by atoms with van der Waals surface area (Å²) in [5.74, 6) is -0.531. The Kier molecular flexibility index (Phi) is 3.68. The summed E-state index contributed by atoms with van der Waals surface area (Å²) in [6.45, 7) is 1.63. The average molecular weight is 259 g/mol. The molecular formula is C10H14FN3O2S. The van der Waals surface area contributed by atoms with Gasteiger partial charge in [0.15, 0.2) is 5.82 Å². The second-order valence-corrected chi connectivity index (χ2v) is 6.11. The van der Waals surface area contributed by atoms with Gasteiger partial charge >= 0.3 is 0 Å². The number of rotatable bonds is 3. The zero-order chi connectivity index (χ0) is 12.3. The van der Waals surface area contributed by atoms with Crippen LogP contribution in [0.25, 0.3) is 0 Å². The van der Waals surface area contributed by atoms with Crippen molar-refractivity contribution in [2.45, 2.75) is 18.0 Å². The highest BCUT2D eigenvalue weighted by Gasteiger charge is 2.24. The van der Waals surface area contributed by atoms with Gasteiger partial charge in [-0.2, -0.15) is 0 Å². The second-order valence-electron chi connectivity index (χ2n) is 4.18. The molecule has 5 nitrogen and oxygen atoms in total. The van der Waals surface area contributed by atoms with Crippen molar-refractivity contribution in [1.82, 2.24) is 15.3 Å². The molecule has 0 bridgehead atoms. The second kappa shape index (κ2) is 5.05. The first-order valence-electron chi connectivity index (χ1n) is 5.49. The van der Waals surface area contributed by atoms with Crippen molar-refractivity contribution < 1.29 is 12.8 Å². The summed E-state index contributed by atoms with van der Waals surface area (Å²) in [5.41, 5.74) is 0. The first-order chi connectivity index (χ1) is 8.08. The Morgan fingerprint density at radius 1 is 1.41 bits per heavy atom. The fourth-order valence-electron chi connectivity index (χ4n) is 1.91. The molecule has 2 rings (SSSR count). The maximum Gasteiger partial charge on any atom is 0.247 e. The zero-order valence-corrected chi connectivity index (χ0v) is 10.1. The minimum absolute atomic E-state index is 0.0195. The minimum atomic E-state index is -3.51. The van der Waals surface area contributed by atoms with Crippen LogP contribution in [0, 0.1) is 11.7 Å². The lowest BCUT2D eigenvalue weighted by Gasteiger charge is -2.21. The summed E-state index contributed by atoms with van der Waals surface area (Å²) in [6, 6.07) is 0. The number of aromatic nitrogens is 2. The Morgan fingerprint density at radius 2 is 2.12 bits per heavy atom. The molecule has 1 saturated heterocycles. The highest BCUT2D eigenvalue weighted by atomic mass is 32.2. The van der Waals surface area contributed by atoms with Crippen LogP contribution in [0.15, 0.2) is 17.6 Å². The first kappa shape index (κ1) is 12.4. The molecule has 0 aliphatic carbocycles. The van der Waals surface area contributed by atoms with Crippen molar-refractivity contribution in [2.75, 3.05) is 18.8 Å². The summed E-state index contributed by atoms with van der Waals surface area (Å²) in [4.78, 5) is 7.04. The van der Waals surface area contributed by atoms with Crippen LogP contribution in [-0.4, -0.2) is 37.2 Å². The van der Waals surface area contributed by atoms with Crippen molar-refractivity contribution in [1.29, 1.82) is 0 Å². The molecule has 1 N–H and O–H groups in total. The monoisotopic (exact) mass is 259 g/mol. The third-order valence-corrected chi connectivity index (χ3v) is 4.41. The quantitative estimate of drug-likeness (QED) is 0.795. The van der Waals surface area contributed by atoms with Gasteiger partial charge in [0.25, 0.3) is 0 Å². The van der Waals surface area contributed by atoms with E-state index in [0.29, 0.717) is 6.54 Å². The predicted octanol–water partition coefficient (Wildman–Crippen LogP) is 0.389. The van der Waals surface area contributed by atoms with Crippen LogP contribution in [0.5, 0.6) is 0 Å². The Bertz CT molecular complexity index is 469. The van der Waals surface area contributed by atoms with Crippen molar-refractivity contribution in [2.24, 2.45) is 5.92 Å². The number of hydrogen-bond donors (Lipinski definition) is 1. The van der Waals surface area contributed by atoms with Crippen LogP contribution in [0.4, 0.5) is 4.39 Å². The largest absolute Gasteiger partial charge is 0.316 e. The van der Waals surface area contributed by atoms with Crippen LogP contribution in [0.1, 0.15) is 12.8 Å². The molecule has 1 aromatic heterocycles. The van der Waals surface area contributed by atoms with E-state index in [4.69, 9.17) is 0 Å². The highest BCUT2D eigenvalue weighted by Crippen LogP contribution is 2.15. The van der Waals surface area contributed by atoms with Gasteiger partial charge in [0.1, 0.15) is 0 Å². The number of piperidine rings is 1. The van der Waals surface area contributed by atoms with E-state index in [1.807, 2.05) is 0 Å². The Balaban J connectivity index is 2.10. The molecule has 94 valence electrons. The van der Waals surface area contributed by atoms with E-state index < -0.39 is 15.7 Å². The van der Waals surface area contributed by atoms with E-state index in [1.165, 1.54) is 0 Å². The molecule has 2 heterocycles. The molecule has 0 saturated carbocycles. The van der Waals surface area contributed by atoms with E-state index in [2.05, 4.69) is 15.3 Å². The summed E-state index contributed by atoms with van der Waals surface area (Å²) >= 11 is 0. The van der Waals surface area contributed by atoms with Crippen molar-refractivity contribution in [3.8, 4) is 0 Å². The van der Waals surface area contributed by atoms with Gasteiger partial charge in [0, 0.05) is 0 Å². The molecule has 7 heteroatoms. The van der Waals surface area contributed by atoms with Crippen molar-refractivity contribution in [3.63, 3.8) is 0 Å². The van der Waals surface area contributed by atoms with Gasteiger partial charge in [0.2, 0.25) is 15.0 Å². The van der Waals surface area contributed by atoms with E-state index in [9.17, 15) is 12.8 Å².